The van der Waals surface area contributed by atoms with Crippen LogP contribution >= 0.6 is 22.9 Å². The van der Waals surface area contributed by atoms with E-state index < -0.39 is 0 Å². The summed E-state index contributed by atoms with van der Waals surface area (Å²) in [6.07, 6.45) is 2.00. The average molecular weight is 346 g/mol. The zero-order valence-corrected chi connectivity index (χ0v) is 15.2. The number of thiophene rings is 1. The van der Waals surface area contributed by atoms with Gasteiger partial charge in [0.1, 0.15) is 10.6 Å². The van der Waals surface area contributed by atoms with Gasteiger partial charge in [-0.2, -0.15) is 0 Å². The lowest BCUT2D eigenvalue weighted by Crippen LogP contribution is -2.03. The van der Waals surface area contributed by atoms with E-state index in [1.54, 1.807) is 11.3 Å². The van der Waals surface area contributed by atoms with Gasteiger partial charge in [0, 0.05) is 17.0 Å². The summed E-state index contributed by atoms with van der Waals surface area (Å²) in [4.78, 5) is 11.2. The van der Waals surface area contributed by atoms with Crippen molar-refractivity contribution in [3.05, 3.63) is 40.0 Å². The molecule has 0 fully saturated rings. The second-order valence-corrected chi connectivity index (χ2v) is 6.99. The number of rotatable bonds is 5. The van der Waals surface area contributed by atoms with Crippen LogP contribution in [0.3, 0.4) is 0 Å². The van der Waals surface area contributed by atoms with Crippen LogP contribution in [0.4, 0.5) is 5.82 Å². The van der Waals surface area contributed by atoms with Gasteiger partial charge in [-0.1, -0.05) is 43.7 Å². The maximum absolute atomic E-state index is 6.12. The largest absolute Gasteiger partial charge is 0.369 e. The molecule has 0 bridgehead atoms. The topological polar surface area (TPSA) is 37.8 Å². The molecule has 2 heterocycles. The van der Waals surface area contributed by atoms with Gasteiger partial charge < -0.3 is 5.32 Å². The van der Waals surface area contributed by atoms with Crippen LogP contribution < -0.4 is 5.32 Å². The molecule has 0 aliphatic rings. The third kappa shape index (κ3) is 3.19. The van der Waals surface area contributed by atoms with E-state index in [4.69, 9.17) is 11.6 Å². The van der Waals surface area contributed by atoms with E-state index in [0.29, 0.717) is 5.28 Å². The van der Waals surface area contributed by atoms with Crippen molar-refractivity contribution in [2.45, 2.75) is 33.6 Å². The molecule has 0 spiro atoms. The van der Waals surface area contributed by atoms with Gasteiger partial charge in [0.15, 0.2) is 0 Å². The van der Waals surface area contributed by atoms with E-state index in [-0.39, 0.29) is 0 Å². The van der Waals surface area contributed by atoms with Crippen LogP contribution in [0, 0.1) is 6.92 Å². The van der Waals surface area contributed by atoms with E-state index in [1.165, 1.54) is 21.6 Å². The van der Waals surface area contributed by atoms with Crippen molar-refractivity contribution in [1.82, 2.24) is 9.97 Å². The standard InChI is InChI=1S/C18H20ClN3S/c1-4-10-20-16-15-14(12-8-6-11(3)7-9-12)13(5-2)23-17(15)22-18(19)21-16/h6-9H,4-5,10H2,1-3H3,(H,20,21,22). The van der Waals surface area contributed by atoms with Crippen molar-refractivity contribution in [2.75, 3.05) is 11.9 Å². The summed E-state index contributed by atoms with van der Waals surface area (Å²) in [5.41, 5.74) is 3.71. The molecule has 0 radical (unpaired) electrons. The average Bonchev–Trinajstić information content (AvgIpc) is 2.91. The van der Waals surface area contributed by atoms with Crippen molar-refractivity contribution in [3.8, 4) is 11.1 Å². The molecule has 1 N–H and O–H groups in total. The Morgan fingerprint density at radius 3 is 2.52 bits per heavy atom. The molecule has 23 heavy (non-hydrogen) atoms. The molecule has 0 saturated heterocycles. The van der Waals surface area contributed by atoms with E-state index in [2.05, 4.69) is 60.3 Å². The van der Waals surface area contributed by atoms with Crippen molar-refractivity contribution >= 4 is 39.0 Å². The molecule has 2 aromatic heterocycles. The highest BCUT2D eigenvalue weighted by molar-refractivity contribution is 7.19. The van der Waals surface area contributed by atoms with Crippen LogP contribution in [0.2, 0.25) is 5.28 Å². The van der Waals surface area contributed by atoms with E-state index in [9.17, 15) is 0 Å². The quantitative estimate of drug-likeness (QED) is 0.602. The number of aromatic nitrogens is 2. The molecule has 0 unspecified atom stereocenters. The van der Waals surface area contributed by atoms with Crippen LogP contribution in [0.25, 0.3) is 21.3 Å². The van der Waals surface area contributed by atoms with Gasteiger partial charge in [-0.15, -0.1) is 11.3 Å². The van der Waals surface area contributed by atoms with Gasteiger partial charge >= 0.3 is 0 Å². The second kappa shape index (κ2) is 6.85. The van der Waals surface area contributed by atoms with Crippen LogP contribution in [0.15, 0.2) is 24.3 Å². The van der Waals surface area contributed by atoms with Crippen LogP contribution in [0.5, 0.6) is 0 Å². The number of hydrogen-bond acceptors (Lipinski definition) is 4. The van der Waals surface area contributed by atoms with E-state index >= 15 is 0 Å². The van der Waals surface area contributed by atoms with Gasteiger partial charge in [-0.3, -0.25) is 0 Å². The first-order valence-electron chi connectivity index (χ1n) is 7.93. The lowest BCUT2D eigenvalue weighted by atomic mass is 10.0. The molecular weight excluding hydrogens is 326 g/mol. The van der Waals surface area contributed by atoms with Crippen LogP contribution in [0.1, 0.15) is 30.7 Å². The summed E-state index contributed by atoms with van der Waals surface area (Å²) in [7, 11) is 0. The molecule has 3 rings (SSSR count). The van der Waals surface area contributed by atoms with Gasteiger partial charge in [0.05, 0.1) is 5.39 Å². The Hall–Kier alpha value is -1.65. The molecule has 120 valence electrons. The zero-order valence-electron chi connectivity index (χ0n) is 13.6. The number of anilines is 1. The third-order valence-electron chi connectivity index (χ3n) is 3.80. The zero-order chi connectivity index (χ0) is 16.4. The minimum atomic E-state index is 0.301. The van der Waals surface area contributed by atoms with Gasteiger partial charge in [0.25, 0.3) is 0 Å². The molecule has 0 aliphatic carbocycles. The minimum absolute atomic E-state index is 0.301. The number of hydrogen-bond donors (Lipinski definition) is 1. The molecule has 5 heteroatoms. The molecule has 0 atom stereocenters. The van der Waals surface area contributed by atoms with Crippen molar-refractivity contribution in [2.24, 2.45) is 0 Å². The fraction of sp³-hybridized carbons (Fsp3) is 0.333. The molecule has 0 aliphatic heterocycles. The van der Waals surface area contributed by atoms with Gasteiger partial charge in [-0.25, -0.2) is 9.97 Å². The first kappa shape index (κ1) is 16.2. The van der Waals surface area contributed by atoms with E-state index in [1.807, 2.05) is 0 Å². The summed E-state index contributed by atoms with van der Waals surface area (Å²) in [5, 5.41) is 4.80. The molecule has 3 nitrogen and oxygen atoms in total. The summed E-state index contributed by atoms with van der Waals surface area (Å²) < 4.78 is 0. The maximum Gasteiger partial charge on any atom is 0.225 e. The Kier molecular flexibility index (Phi) is 4.83. The fourth-order valence-electron chi connectivity index (χ4n) is 2.67. The Balaban J connectivity index is 2.27. The Bertz CT molecular complexity index is 824. The fourth-order valence-corrected chi connectivity index (χ4v) is 4.02. The van der Waals surface area contributed by atoms with E-state index in [0.717, 1.165) is 35.4 Å². The van der Waals surface area contributed by atoms with Gasteiger partial charge in [-0.05, 0) is 36.9 Å². The summed E-state index contributed by atoms with van der Waals surface area (Å²) in [6.45, 7) is 7.29. The summed E-state index contributed by atoms with van der Waals surface area (Å²) in [6, 6.07) is 8.64. The summed E-state index contributed by atoms with van der Waals surface area (Å²) in [5.74, 6) is 0.841. The normalized spacial score (nSPS) is 11.1. The highest BCUT2D eigenvalue weighted by Crippen LogP contribution is 2.41. The van der Waals surface area contributed by atoms with Crippen molar-refractivity contribution in [1.29, 1.82) is 0 Å². The third-order valence-corrected chi connectivity index (χ3v) is 5.20. The van der Waals surface area contributed by atoms with Crippen molar-refractivity contribution < 1.29 is 0 Å². The number of fused-ring (bicyclic) bond motifs is 1. The number of aryl methyl sites for hydroxylation is 2. The van der Waals surface area contributed by atoms with Gasteiger partial charge in [0.2, 0.25) is 5.28 Å². The first-order chi connectivity index (χ1) is 11.1. The molecular formula is C18H20ClN3S. The highest BCUT2D eigenvalue weighted by atomic mass is 35.5. The Morgan fingerprint density at radius 2 is 1.87 bits per heavy atom. The molecule has 1 aromatic carbocycles. The van der Waals surface area contributed by atoms with Crippen molar-refractivity contribution in [3.63, 3.8) is 0 Å². The molecule has 0 saturated carbocycles. The first-order valence-corrected chi connectivity index (χ1v) is 9.13. The summed E-state index contributed by atoms with van der Waals surface area (Å²) >= 11 is 7.83. The molecule has 3 aromatic rings. The SMILES string of the molecule is CCCNc1nc(Cl)nc2sc(CC)c(-c3ccc(C)cc3)c12. The highest BCUT2D eigenvalue weighted by Gasteiger charge is 2.19. The number of nitrogens with zero attached hydrogens (tertiary/aromatic N) is 2. The van der Waals surface area contributed by atoms with Crippen LogP contribution in [-0.2, 0) is 6.42 Å². The lowest BCUT2D eigenvalue weighted by Gasteiger charge is -2.09. The molecule has 0 amide bonds. The lowest BCUT2D eigenvalue weighted by molar-refractivity contribution is 0.970. The monoisotopic (exact) mass is 345 g/mol. The number of benzene rings is 1. The Morgan fingerprint density at radius 1 is 1.13 bits per heavy atom. The minimum Gasteiger partial charge on any atom is -0.369 e. The number of nitrogens with one attached hydrogen (secondary N) is 1. The maximum atomic E-state index is 6.12. The Labute approximate surface area is 145 Å². The number of halogens is 1. The second-order valence-electron chi connectivity index (χ2n) is 5.57. The smallest absolute Gasteiger partial charge is 0.225 e. The predicted molar refractivity (Wildman–Crippen MR) is 101 cm³/mol. The predicted octanol–water partition coefficient (Wildman–Crippen LogP) is 5.70. The van der Waals surface area contributed by atoms with Crippen LogP contribution in [-0.4, -0.2) is 16.5 Å².